The Bertz CT molecular complexity index is 609. The third-order valence-electron chi connectivity index (χ3n) is 2.51. The van der Waals surface area contributed by atoms with Gasteiger partial charge in [-0.3, -0.25) is 0 Å². The first-order chi connectivity index (χ1) is 8.81. The van der Waals surface area contributed by atoms with Crippen molar-refractivity contribution in [1.29, 1.82) is 0 Å². The smallest absolute Gasteiger partial charge is 0.167 e. The highest BCUT2D eigenvalue weighted by Gasteiger charge is 2.19. The second-order valence-corrected chi connectivity index (χ2v) is 9.90. The Kier molecular flexibility index (Phi) is 4.34. The van der Waals surface area contributed by atoms with Gasteiger partial charge in [-0.15, -0.1) is 0 Å². The molecule has 0 aromatic carbocycles. The minimum absolute atomic E-state index is 0.275. The van der Waals surface area contributed by atoms with Gasteiger partial charge in [0.05, 0.1) is 11.1 Å². The summed E-state index contributed by atoms with van der Waals surface area (Å²) < 4.78 is 9.36. The first-order valence-electron chi connectivity index (χ1n) is 5.84. The van der Waals surface area contributed by atoms with Crippen LogP contribution < -0.4 is 5.73 Å². The monoisotopic (exact) mass is 406 g/mol. The Hall–Kier alpha value is -0.443. The van der Waals surface area contributed by atoms with Gasteiger partial charge in [0, 0.05) is 5.56 Å². The number of halogens is 2. The molecule has 0 spiro atoms. The zero-order valence-corrected chi connectivity index (χ0v) is 15.7. The lowest BCUT2D eigenvalue weighted by Gasteiger charge is -2.17. The van der Waals surface area contributed by atoms with Crippen molar-refractivity contribution in [2.24, 2.45) is 0 Å². The highest BCUT2D eigenvalue weighted by molar-refractivity contribution is 9.11. The molecule has 0 saturated carbocycles. The summed E-state index contributed by atoms with van der Waals surface area (Å²) in [5.41, 5.74) is 7.67. The molecule has 0 saturated heterocycles. The zero-order valence-electron chi connectivity index (χ0n) is 11.1. The molecular formula is C11H16Br2N4OSi. The van der Waals surface area contributed by atoms with Crippen molar-refractivity contribution < 1.29 is 4.43 Å². The topological polar surface area (TPSA) is 65.4 Å². The molecule has 0 bridgehead atoms. The van der Waals surface area contributed by atoms with Gasteiger partial charge in [0.15, 0.2) is 15.6 Å². The Balaban J connectivity index is 2.31. The fraction of sp³-hybridized carbons (Fsp3) is 0.455. The molecule has 0 fully saturated rings. The number of aromatic nitrogens is 3. The molecule has 2 rings (SSSR count). The molecule has 0 aliphatic heterocycles. The maximum Gasteiger partial charge on any atom is 0.167 e. The normalized spacial score (nSPS) is 12.9. The van der Waals surface area contributed by atoms with Gasteiger partial charge >= 0.3 is 0 Å². The molecule has 0 amide bonds. The van der Waals surface area contributed by atoms with E-state index in [2.05, 4.69) is 62.7 Å². The standard InChI is InChI=1S/C11H16Br2N4OSi/c1-11(2,3)19-18-4-6-7(12)8-10(14)15-5-16-17(8)9(6)13/h5H,4,19H2,1-3H3,(H2,14,15,16). The highest BCUT2D eigenvalue weighted by atomic mass is 79.9. The van der Waals surface area contributed by atoms with Gasteiger partial charge in [0.2, 0.25) is 0 Å². The van der Waals surface area contributed by atoms with E-state index >= 15 is 0 Å². The van der Waals surface area contributed by atoms with Crippen molar-refractivity contribution in [3.63, 3.8) is 0 Å². The third kappa shape index (κ3) is 3.18. The van der Waals surface area contributed by atoms with Crippen molar-refractivity contribution >= 4 is 53.0 Å². The van der Waals surface area contributed by atoms with E-state index in [1.165, 1.54) is 6.33 Å². The Morgan fingerprint density at radius 1 is 1.42 bits per heavy atom. The van der Waals surface area contributed by atoms with E-state index in [9.17, 15) is 0 Å². The molecule has 8 heteroatoms. The van der Waals surface area contributed by atoms with Crippen LogP contribution in [-0.2, 0) is 11.0 Å². The van der Waals surface area contributed by atoms with Crippen LogP contribution in [0.15, 0.2) is 15.4 Å². The summed E-state index contributed by atoms with van der Waals surface area (Å²) in [6, 6.07) is 0. The minimum atomic E-state index is -0.590. The molecule has 2 heterocycles. The van der Waals surface area contributed by atoms with Crippen LogP contribution in [-0.4, -0.2) is 24.4 Å². The Morgan fingerprint density at radius 2 is 2.11 bits per heavy atom. The fourth-order valence-electron chi connectivity index (χ4n) is 1.66. The van der Waals surface area contributed by atoms with Crippen molar-refractivity contribution in [1.82, 2.24) is 14.6 Å². The van der Waals surface area contributed by atoms with Gasteiger partial charge in [0.25, 0.3) is 0 Å². The summed E-state index contributed by atoms with van der Waals surface area (Å²) >= 11 is 7.10. The summed E-state index contributed by atoms with van der Waals surface area (Å²) in [6.45, 7) is 7.14. The van der Waals surface area contributed by atoms with E-state index in [0.29, 0.717) is 12.4 Å². The van der Waals surface area contributed by atoms with Crippen LogP contribution in [0, 0.1) is 0 Å². The second kappa shape index (κ2) is 5.51. The van der Waals surface area contributed by atoms with Crippen molar-refractivity contribution in [3.05, 3.63) is 21.0 Å². The highest BCUT2D eigenvalue weighted by Crippen LogP contribution is 2.34. The fourth-order valence-corrected chi connectivity index (χ4v) is 4.10. The Labute approximate surface area is 131 Å². The van der Waals surface area contributed by atoms with Crippen molar-refractivity contribution in [2.45, 2.75) is 32.4 Å². The molecule has 104 valence electrons. The van der Waals surface area contributed by atoms with Crippen LogP contribution in [0.3, 0.4) is 0 Å². The number of hydrogen-bond acceptors (Lipinski definition) is 4. The lowest BCUT2D eigenvalue weighted by molar-refractivity contribution is 0.308. The van der Waals surface area contributed by atoms with Crippen LogP contribution in [0.25, 0.3) is 5.52 Å². The molecule has 2 aromatic heterocycles. The number of fused-ring (bicyclic) bond motifs is 1. The van der Waals surface area contributed by atoms with Gasteiger partial charge in [-0.2, -0.15) is 5.10 Å². The van der Waals surface area contributed by atoms with Crippen LogP contribution in [0.4, 0.5) is 5.82 Å². The minimum Gasteiger partial charge on any atom is -0.419 e. The predicted molar refractivity (Wildman–Crippen MR) is 85.8 cm³/mol. The van der Waals surface area contributed by atoms with Gasteiger partial charge < -0.3 is 10.2 Å². The number of rotatable bonds is 3. The summed E-state index contributed by atoms with van der Waals surface area (Å²) in [5.74, 6) is 0.446. The first-order valence-corrected chi connectivity index (χ1v) is 8.71. The quantitative estimate of drug-likeness (QED) is 0.794. The van der Waals surface area contributed by atoms with E-state index in [-0.39, 0.29) is 5.04 Å². The molecular weight excluding hydrogens is 392 g/mol. The van der Waals surface area contributed by atoms with E-state index in [1.54, 1.807) is 4.52 Å². The van der Waals surface area contributed by atoms with Crippen LogP contribution >= 0.6 is 31.9 Å². The zero-order chi connectivity index (χ0) is 14.2. The summed E-state index contributed by atoms with van der Waals surface area (Å²) in [7, 11) is -0.590. The maximum atomic E-state index is 5.89. The van der Waals surface area contributed by atoms with Gasteiger partial charge in [0.1, 0.15) is 16.4 Å². The van der Waals surface area contributed by atoms with E-state index < -0.39 is 9.76 Å². The molecule has 0 aliphatic carbocycles. The second-order valence-electron chi connectivity index (χ2n) is 5.54. The van der Waals surface area contributed by atoms with Gasteiger partial charge in [-0.05, 0) is 36.9 Å². The summed E-state index contributed by atoms with van der Waals surface area (Å²) in [5, 5.41) is 4.46. The average Bonchev–Trinajstić information content (AvgIpc) is 2.54. The summed E-state index contributed by atoms with van der Waals surface area (Å²) in [6.07, 6.45) is 1.44. The van der Waals surface area contributed by atoms with E-state index in [0.717, 1.165) is 20.2 Å². The number of hydrogen-bond donors (Lipinski definition) is 1. The molecule has 19 heavy (non-hydrogen) atoms. The lowest BCUT2D eigenvalue weighted by atomic mass is 10.3. The number of anilines is 1. The van der Waals surface area contributed by atoms with E-state index in [4.69, 9.17) is 10.2 Å². The van der Waals surface area contributed by atoms with Gasteiger partial charge in [-0.25, -0.2) is 9.50 Å². The average molecular weight is 408 g/mol. The maximum absolute atomic E-state index is 5.89. The number of nitrogens with zero attached hydrogens (tertiary/aromatic N) is 3. The Morgan fingerprint density at radius 3 is 2.68 bits per heavy atom. The molecule has 2 N–H and O–H groups in total. The molecule has 0 unspecified atom stereocenters. The third-order valence-corrected chi connectivity index (χ3v) is 5.45. The molecule has 2 aromatic rings. The van der Waals surface area contributed by atoms with Gasteiger partial charge in [-0.1, -0.05) is 20.8 Å². The van der Waals surface area contributed by atoms with Crippen LogP contribution in [0.5, 0.6) is 0 Å². The van der Waals surface area contributed by atoms with Crippen molar-refractivity contribution in [3.8, 4) is 0 Å². The number of nitrogen functional groups attached to an aromatic ring is 1. The summed E-state index contributed by atoms with van der Waals surface area (Å²) in [4.78, 5) is 4.01. The SMILES string of the molecule is CC(C)(C)[SiH2]OCc1c(Br)c2c(N)ncnn2c1Br. The number of nitrogens with two attached hydrogens (primary N) is 1. The first kappa shape index (κ1) is 15.0. The lowest BCUT2D eigenvalue weighted by Crippen LogP contribution is -2.12. The largest absolute Gasteiger partial charge is 0.419 e. The molecule has 0 radical (unpaired) electrons. The molecule has 0 aliphatic rings. The van der Waals surface area contributed by atoms with Crippen LogP contribution in [0.1, 0.15) is 26.3 Å². The van der Waals surface area contributed by atoms with Crippen molar-refractivity contribution in [2.75, 3.05) is 5.73 Å². The molecule has 5 nitrogen and oxygen atoms in total. The predicted octanol–water partition coefficient (Wildman–Crippen LogP) is 2.66. The molecule has 0 atom stereocenters. The van der Waals surface area contributed by atoms with Crippen LogP contribution in [0.2, 0.25) is 5.04 Å². The van der Waals surface area contributed by atoms with E-state index in [1.807, 2.05) is 0 Å².